The van der Waals surface area contributed by atoms with Gasteiger partial charge in [-0.1, -0.05) is 53.3 Å². The van der Waals surface area contributed by atoms with Crippen LogP contribution in [0.2, 0.25) is 5.02 Å². The maximum absolute atomic E-state index is 11.9. The number of nitrogens with one attached hydrogen (secondary N) is 1. The maximum atomic E-state index is 11.9. The van der Waals surface area contributed by atoms with Gasteiger partial charge in [0.1, 0.15) is 10.8 Å². The average Bonchev–Trinajstić information content (AvgIpc) is 3.04. The summed E-state index contributed by atoms with van der Waals surface area (Å²) in [6.07, 6.45) is 0. The smallest absolute Gasteiger partial charge is 0.264 e. The van der Waals surface area contributed by atoms with Crippen molar-refractivity contribution in [2.45, 2.75) is 0 Å². The van der Waals surface area contributed by atoms with Gasteiger partial charge in [-0.2, -0.15) is 0 Å². The Morgan fingerprint density at radius 1 is 1.09 bits per heavy atom. The second kappa shape index (κ2) is 7.21. The van der Waals surface area contributed by atoms with Crippen LogP contribution in [0.5, 0.6) is 5.75 Å². The summed E-state index contributed by atoms with van der Waals surface area (Å²) >= 11 is 7.10. The number of aromatic nitrogens is 2. The summed E-state index contributed by atoms with van der Waals surface area (Å²) in [7, 11) is 0. The minimum atomic E-state index is -0.296. The first-order valence-electron chi connectivity index (χ1n) is 6.78. The first-order valence-corrected chi connectivity index (χ1v) is 7.97. The first kappa shape index (κ1) is 15.5. The van der Waals surface area contributed by atoms with E-state index in [1.54, 1.807) is 24.3 Å². The van der Waals surface area contributed by atoms with Gasteiger partial charge in [-0.05, 0) is 24.3 Å². The molecule has 1 amide bonds. The summed E-state index contributed by atoms with van der Waals surface area (Å²) in [6.45, 7) is -0.109. The molecule has 7 heteroatoms. The molecule has 0 aliphatic rings. The monoisotopic (exact) mass is 345 g/mol. The number of nitrogens with zero attached hydrogens (tertiary/aromatic N) is 2. The molecule has 0 unspecified atom stereocenters. The molecule has 3 rings (SSSR count). The fraction of sp³-hybridized carbons (Fsp3) is 0.0625. The Bertz CT molecular complexity index is 791. The van der Waals surface area contributed by atoms with Gasteiger partial charge in [-0.3, -0.25) is 10.1 Å². The molecule has 0 bridgehead atoms. The zero-order valence-electron chi connectivity index (χ0n) is 11.9. The number of halogens is 1. The highest BCUT2D eigenvalue weighted by Gasteiger charge is 2.10. The number of ether oxygens (including phenoxy) is 1. The number of anilines is 1. The van der Waals surface area contributed by atoms with E-state index in [0.717, 1.165) is 10.6 Å². The summed E-state index contributed by atoms with van der Waals surface area (Å²) in [5.74, 6) is 0.280. The molecule has 116 valence electrons. The van der Waals surface area contributed by atoms with Crippen LogP contribution in [-0.4, -0.2) is 22.7 Å². The molecule has 2 aromatic carbocycles. The van der Waals surface area contributed by atoms with Crippen molar-refractivity contribution < 1.29 is 9.53 Å². The molecule has 5 nitrogen and oxygen atoms in total. The van der Waals surface area contributed by atoms with Gasteiger partial charge in [-0.15, -0.1) is 10.2 Å². The maximum Gasteiger partial charge on any atom is 0.264 e. The van der Waals surface area contributed by atoms with Gasteiger partial charge in [0.2, 0.25) is 5.13 Å². The molecule has 0 saturated carbocycles. The van der Waals surface area contributed by atoms with E-state index in [2.05, 4.69) is 15.5 Å². The van der Waals surface area contributed by atoms with Crippen LogP contribution in [-0.2, 0) is 4.79 Å². The second-order valence-corrected chi connectivity index (χ2v) is 5.98. The normalized spacial score (nSPS) is 10.3. The number of carbonyl (C=O) groups is 1. The number of rotatable bonds is 5. The lowest BCUT2D eigenvalue weighted by atomic mass is 10.2. The Balaban J connectivity index is 1.56. The van der Waals surface area contributed by atoms with Crippen molar-refractivity contribution in [1.29, 1.82) is 0 Å². The van der Waals surface area contributed by atoms with Crippen molar-refractivity contribution in [3.63, 3.8) is 0 Å². The lowest BCUT2D eigenvalue weighted by molar-refractivity contribution is -0.118. The largest absolute Gasteiger partial charge is 0.484 e. The molecule has 23 heavy (non-hydrogen) atoms. The van der Waals surface area contributed by atoms with Crippen molar-refractivity contribution in [3.8, 4) is 16.3 Å². The Hall–Kier alpha value is -2.44. The molecule has 0 spiro atoms. The number of hydrogen-bond donors (Lipinski definition) is 1. The third kappa shape index (κ3) is 4.28. The van der Waals surface area contributed by atoms with Crippen molar-refractivity contribution in [2.75, 3.05) is 11.9 Å². The number of carbonyl (C=O) groups excluding carboxylic acids is 1. The van der Waals surface area contributed by atoms with Crippen LogP contribution in [0, 0.1) is 0 Å². The lowest BCUT2D eigenvalue weighted by Gasteiger charge is -2.05. The highest BCUT2D eigenvalue weighted by atomic mass is 35.5. The highest BCUT2D eigenvalue weighted by molar-refractivity contribution is 7.18. The summed E-state index contributed by atoms with van der Waals surface area (Å²) in [5.41, 5.74) is 0.961. The average molecular weight is 346 g/mol. The van der Waals surface area contributed by atoms with Gasteiger partial charge < -0.3 is 4.74 Å². The third-order valence-electron chi connectivity index (χ3n) is 2.88. The van der Waals surface area contributed by atoms with Crippen molar-refractivity contribution >= 4 is 34.0 Å². The van der Waals surface area contributed by atoms with E-state index >= 15 is 0 Å². The number of benzene rings is 2. The molecule has 0 saturated heterocycles. The van der Waals surface area contributed by atoms with Crippen LogP contribution in [0.1, 0.15) is 0 Å². The SMILES string of the molecule is O=C(COc1ccc(Cl)cc1)Nc1nnc(-c2ccccc2)s1. The Kier molecular flexibility index (Phi) is 4.85. The van der Waals surface area contributed by atoms with Crippen LogP contribution in [0.3, 0.4) is 0 Å². The lowest BCUT2D eigenvalue weighted by Crippen LogP contribution is -2.20. The molecule has 0 aliphatic carbocycles. The van der Waals surface area contributed by atoms with Gasteiger partial charge in [-0.25, -0.2) is 0 Å². The van der Waals surface area contributed by atoms with Crippen molar-refractivity contribution in [2.24, 2.45) is 0 Å². The molecule has 1 N–H and O–H groups in total. The Morgan fingerprint density at radius 2 is 1.83 bits per heavy atom. The molecular formula is C16H12ClN3O2S. The van der Waals surface area contributed by atoms with Gasteiger partial charge >= 0.3 is 0 Å². The van der Waals surface area contributed by atoms with Crippen LogP contribution in [0.15, 0.2) is 54.6 Å². The molecular weight excluding hydrogens is 334 g/mol. The second-order valence-electron chi connectivity index (χ2n) is 4.57. The van der Waals surface area contributed by atoms with E-state index in [1.165, 1.54) is 11.3 Å². The minimum absolute atomic E-state index is 0.109. The van der Waals surface area contributed by atoms with Gasteiger partial charge in [0, 0.05) is 10.6 Å². The summed E-state index contributed by atoms with van der Waals surface area (Å²) in [4.78, 5) is 11.9. The minimum Gasteiger partial charge on any atom is -0.484 e. The summed E-state index contributed by atoms with van der Waals surface area (Å²) in [5, 5.41) is 12.5. The van der Waals surface area contributed by atoms with Crippen molar-refractivity contribution in [1.82, 2.24) is 10.2 Å². The highest BCUT2D eigenvalue weighted by Crippen LogP contribution is 2.25. The van der Waals surface area contributed by atoms with Crippen LogP contribution < -0.4 is 10.1 Å². The fourth-order valence-corrected chi connectivity index (χ4v) is 2.70. The molecule has 1 heterocycles. The molecule has 0 atom stereocenters. The van der Waals surface area contributed by atoms with Crippen LogP contribution in [0.25, 0.3) is 10.6 Å². The van der Waals surface area contributed by atoms with Crippen LogP contribution in [0.4, 0.5) is 5.13 Å². The third-order valence-corrected chi connectivity index (χ3v) is 4.02. The summed E-state index contributed by atoms with van der Waals surface area (Å²) in [6, 6.07) is 16.5. The topological polar surface area (TPSA) is 64.1 Å². The first-order chi connectivity index (χ1) is 11.2. The zero-order chi connectivity index (χ0) is 16.1. The zero-order valence-corrected chi connectivity index (χ0v) is 13.5. The predicted molar refractivity (Wildman–Crippen MR) is 90.9 cm³/mol. The van der Waals surface area contributed by atoms with E-state index in [0.29, 0.717) is 15.9 Å². The van der Waals surface area contributed by atoms with E-state index in [9.17, 15) is 4.79 Å². The molecule has 0 radical (unpaired) electrons. The molecule has 0 aliphatic heterocycles. The fourth-order valence-electron chi connectivity index (χ4n) is 1.81. The molecule has 0 fully saturated rings. The van der Waals surface area contributed by atoms with E-state index in [4.69, 9.17) is 16.3 Å². The van der Waals surface area contributed by atoms with Gasteiger partial charge in [0.15, 0.2) is 6.61 Å². The van der Waals surface area contributed by atoms with Gasteiger partial charge in [0.25, 0.3) is 5.91 Å². The molecule has 3 aromatic rings. The van der Waals surface area contributed by atoms with E-state index in [1.807, 2.05) is 30.3 Å². The molecule has 1 aromatic heterocycles. The van der Waals surface area contributed by atoms with Crippen molar-refractivity contribution in [3.05, 3.63) is 59.6 Å². The van der Waals surface area contributed by atoms with E-state index < -0.39 is 0 Å². The Labute approximate surface area is 141 Å². The van der Waals surface area contributed by atoms with Gasteiger partial charge in [0.05, 0.1) is 0 Å². The summed E-state index contributed by atoms with van der Waals surface area (Å²) < 4.78 is 5.37. The number of amides is 1. The Morgan fingerprint density at radius 3 is 2.57 bits per heavy atom. The standard InChI is InChI=1S/C16H12ClN3O2S/c17-12-6-8-13(9-7-12)22-10-14(21)18-16-20-19-15(23-16)11-4-2-1-3-5-11/h1-9H,10H2,(H,18,20,21). The number of hydrogen-bond acceptors (Lipinski definition) is 5. The van der Waals surface area contributed by atoms with E-state index in [-0.39, 0.29) is 12.5 Å². The predicted octanol–water partition coefficient (Wildman–Crippen LogP) is 3.88. The quantitative estimate of drug-likeness (QED) is 0.762. The van der Waals surface area contributed by atoms with Crippen LogP contribution >= 0.6 is 22.9 Å².